The minimum absolute atomic E-state index is 0. The molecule has 7 heteroatoms. The number of nitrogens with one attached hydrogen (secondary N) is 1. The first-order valence-electron chi connectivity index (χ1n) is 6.19. The Hall–Kier alpha value is -1.40. The largest absolute Gasteiger partial charge is 0.359 e. The first kappa shape index (κ1) is 15.7. The molecule has 0 saturated carbocycles. The van der Waals surface area contributed by atoms with Gasteiger partial charge in [-0.25, -0.2) is 4.98 Å². The molecular formula is C12H19ClN4O2. The lowest BCUT2D eigenvalue weighted by Crippen LogP contribution is -2.34. The summed E-state index contributed by atoms with van der Waals surface area (Å²) in [7, 11) is 1.98. The number of halogens is 1. The number of pyridine rings is 1. The minimum Gasteiger partial charge on any atom is -0.359 e. The van der Waals surface area contributed by atoms with Gasteiger partial charge >= 0.3 is 0 Å². The number of rotatable bonds is 4. The topological polar surface area (TPSA) is 71.3 Å². The summed E-state index contributed by atoms with van der Waals surface area (Å²) in [6.07, 6.45) is 3.67. The molecule has 1 fully saturated rings. The van der Waals surface area contributed by atoms with Gasteiger partial charge in [0.2, 0.25) is 0 Å². The Bertz CT molecular complexity index is 407. The van der Waals surface area contributed by atoms with Crippen LogP contribution in [-0.4, -0.2) is 36.6 Å². The van der Waals surface area contributed by atoms with Crippen molar-refractivity contribution in [1.82, 2.24) is 10.3 Å². The molecule has 0 aromatic carbocycles. The molecule has 0 radical (unpaired) electrons. The molecule has 0 amide bonds. The molecule has 0 aliphatic carbocycles. The van der Waals surface area contributed by atoms with E-state index < -0.39 is 4.92 Å². The molecule has 6 nitrogen and oxygen atoms in total. The number of piperidine rings is 1. The van der Waals surface area contributed by atoms with Crippen molar-refractivity contribution < 1.29 is 4.92 Å². The zero-order chi connectivity index (χ0) is 13.0. The molecule has 2 heterocycles. The number of hydrogen-bond donors (Lipinski definition) is 1. The van der Waals surface area contributed by atoms with Gasteiger partial charge in [0.15, 0.2) is 0 Å². The molecular weight excluding hydrogens is 268 g/mol. The predicted molar refractivity (Wildman–Crippen MR) is 77.0 cm³/mol. The molecule has 0 atom stereocenters. The minimum atomic E-state index is -0.427. The maximum Gasteiger partial charge on any atom is 0.287 e. The van der Waals surface area contributed by atoms with Crippen molar-refractivity contribution in [3.63, 3.8) is 0 Å². The Kier molecular flexibility index (Phi) is 5.98. The van der Waals surface area contributed by atoms with Gasteiger partial charge in [-0.2, -0.15) is 0 Å². The standard InChI is InChI=1S/C12H18N4O2.ClH/c1-15(9-10-4-6-13-7-5-10)12-3-2-11(8-14-12)16(17)18;/h2-3,8,10,13H,4-7,9H2,1H3;1H. The van der Waals surface area contributed by atoms with Crippen molar-refractivity contribution >= 4 is 23.9 Å². The van der Waals surface area contributed by atoms with Crippen molar-refractivity contribution in [2.75, 3.05) is 31.6 Å². The molecule has 0 unspecified atom stereocenters. The summed E-state index contributed by atoms with van der Waals surface area (Å²) in [6.45, 7) is 3.10. The summed E-state index contributed by atoms with van der Waals surface area (Å²) < 4.78 is 0. The van der Waals surface area contributed by atoms with E-state index in [4.69, 9.17) is 0 Å². The van der Waals surface area contributed by atoms with E-state index in [1.54, 1.807) is 6.07 Å². The second-order valence-corrected chi connectivity index (χ2v) is 4.71. The van der Waals surface area contributed by atoms with Gasteiger partial charge in [0.25, 0.3) is 5.69 Å². The van der Waals surface area contributed by atoms with Crippen LogP contribution in [0.2, 0.25) is 0 Å². The van der Waals surface area contributed by atoms with Crippen molar-refractivity contribution in [3.8, 4) is 0 Å². The first-order chi connectivity index (χ1) is 8.66. The summed E-state index contributed by atoms with van der Waals surface area (Å²) in [4.78, 5) is 16.3. The highest BCUT2D eigenvalue weighted by Crippen LogP contribution is 2.18. The van der Waals surface area contributed by atoms with Gasteiger partial charge in [0.05, 0.1) is 4.92 Å². The lowest BCUT2D eigenvalue weighted by atomic mass is 9.98. The third-order valence-electron chi connectivity index (χ3n) is 3.32. The Morgan fingerprint density at radius 1 is 1.47 bits per heavy atom. The predicted octanol–water partition coefficient (Wildman–Crippen LogP) is 1.85. The number of nitrogens with zero attached hydrogens (tertiary/aromatic N) is 3. The van der Waals surface area contributed by atoms with Gasteiger partial charge in [-0.05, 0) is 37.9 Å². The highest BCUT2D eigenvalue weighted by atomic mass is 35.5. The number of hydrogen-bond acceptors (Lipinski definition) is 5. The van der Waals surface area contributed by atoms with E-state index in [1.807, 2.05) is 7.05 Å². The van der Waals surface area contributed by atoms with Crippen LogP contribution in [-0.2, 0) is 0 Å². The molecule has 1 aliphatic heterocycles. The normalized spacial score (nSPS) is 15.6. The van der Waals surface area contributed by atoms with Crippen LogP contribution < -0.4 is 10.2 Å². The van der Waals surface area contributed by atoms with E-state index in [2.05, 4.69) is 15.2 Å². The molecule has 106 valence electrons. The lowest BCUT2D eigenvalue weighted by molar-refractivity contribution is -0.385. The summed E-state index contributed by atoms with van der Waals surface area (Å²) >= 11 is 0. The van der Waals surface area contributed by atoms with Crippen LogP contribution in [0.1, 0.15) is 12.8 Å². The molecule has 0 spiro atoms. The van der Waals surface area contributed by atoms with Crippen LogP contribution >= 0.6 is 12.4 Å². The van der Waals surface area contributed by atoms with Gasteiger partial charge < -0.3 is 10.2 Å². The van der Waals surface area contributed by atoms with E-state index in [9.17, 15) is 10.1 Å². The van der Waals surface area contributed by atoms with Gasteiger partial charge in [-0.15, -0.1) is 12.4 Å². The first-order valence-corrected chi connectivity index (χ1v) is 6.19. The average Bonchev–Trinajstić information content (AvgIpc) is 2.40. The average molecular weight is 287 g/mol. The van der Waals surface area contributed by atoms with Gasteiger partial charge in [-0.1, -0.05) is 0 Å². The van der Waals surface area contributed by atoms with Gasteiger partial charge in [-0.3, -0.25) is 10.1 Å². The Labute approximate surface area is 118 Å². The van der Waals surface area contributed by atoms with Crippen LogP contribution in [0.5, 0.6) is 0 Å². The molecule has 19 heavy (non-hydrogen) atoms. The molecule has 1 aromatic heterocycles. The van der Waals surface area contributed by atoms with Crippen LogP contribution in [0.25, 0.3) is 0 Å². The SMILES string of the molecule is CN(CC1CCNCC1)c1ccc([N+](=O)[O-])cn1.Cl. The fourth-order valence-electron chi connectivity index (χ4n) is 2.26. The molecule has 1 N–H and O–H groups in total. The number of aromatic nitrogens is 1. The maximum absolute atomic E-state index is 10.5. The molecule has 1 aromatic rings. The van der Waals surface area contributed by atoms with Gasteiger partial charge in [0, 0.05) is 19.7 Å². The van der Waals surface area contributed by atoms with Crippen LogP contribution in [0.15, 0.2) is 18.3 Å². The Morgan fingerprint density at radius 3 is 2.68 bits per heavy atom. The summed E-state index contributed by atoms with van der Waals surface area (Å²) in [5.74, 6) is 1.47. The van der Waals surface area contributed by atoms with Crippen LogP contribution in [0, 0.1) is 16.0 Å². The van der Waals surface area contributed by atoms with Crippen LogP contribution in [0.3, 0.4) is 0 Å². The van der Waals surface area contributed by atoms with Crippen molar-refractivity contribution in [3.05, 3.63) is 28.4 Å². The fraction of sp³-hybridized carbons (Fsp3) is 0.583. The van der Waals surface area contributed by atoms with E-state index in [1.165, 1.54) is 25.1 Å². The highest BCUT2D eigenvalue weighted by molar-refractivity contribution is 5.85. The van der Waals surface area contributed by atoms with E-state index in [-0.39, 0.29) is 18.1 Å². The molecule has 1 aliphatic rings. The Balaban J connectivity index is 0.00000180. The van der Waals surface area contributed by atoms with Crippen LogP contribution in [0.4, 0.5) is 11.5 Å². The summed E-state index contributed by atoms with van der Waals surface area (Å²) in [6, 6.07) is 3.21. The quantitative estimate of drug-likeness (QED) is 0.675. The molecule has 1 saturated heterocycles. The monoisotopic (exact) mass is 286 g/mol. The van der Waals surface area contributed by atoms with Crippen molar-refractivity contribution in [2.45, 2.75) is 12.8 Å². The lowest BCUT2D eigenvalue weighted by Gasteiger charge is -2.28. The third-order valence-corrected chi connectivity index (χ3v) is 3.32. The second-order valence-electron chi connectivity index (χ2n) is 4.71. The van der Waals surface area contributed by atoms with E-state index in [0.717, 1.165) is 25.5 Å². The second kappa shape index (κ2) is 7.25. The van der Waals surface area contributed by atoms with Crippen molar-refractivity contribution in [2.24, 2.45) is 5.92 Å². The third kappa shape index (κ3) is 4.33. The van der Waals surface area contributed by atoms with E-state index >= 15 is 0 Å². The maximum atomic E-state index is 10.5. The smallest absolute Gasteiger partial charge is 0.287 e. The highest BCUT2D eigenvalue weighted by Gasteiger charge is 2.16. The van der Waals surface area contributed by atoms with Crippen molar-refractivity contribution in [1.29, 1.82) is 0 Å². The van der Waals surface area contributed by atoms with Gasteiger partial charge in [0.1, 0.15) is 12.0 Å². The number of anilines is 1. The zero-order valence-corrected chi connectivity index (χ0v) is 11.7. The summed E-state index contributed by atoms with van der Waals surface area (Å²) in [5, 5.41) is 13.9. The Morgan fingerprint density at radius 2 is 2.16 bits per heavy atom. The van der Waals surface area contributed by atoms with E-state index in [0.29, 0.717) is 5.92 Å². The molecule has 2 rings (SSSR count). The number of nitro groups is 1. The fourth-order valence-corrected chi connectivity index (χ4v) is 2.26. The zero-order valence-electron chi connectivity index (χ0n) is 10.9. The molecule has 0 bridgehead atoms. The summed E-state index contributed by atoms with van der Waals surface area (Å²) in [5.41, 5.74) is 0.0361.